The van der Waals surface area contributed by atoms with Crippen molar-refractivity contribution in [2.45, 2.75) is 102 Å². The lowest BCUT2D eigenvalue weighted by Gasteiger charge is -2.44. The molecule has 2 aromatic rings. The number of amides is 4. The normalized spacial score (nSPS) is 25.9. The number of nitriles is 1. The van der Waals surface area contributed by atoms with E-state index < -0.39 is 11.6 Å². The molecular weight excluding hydrogens is 763 g/mol. The molecule has 1 unspecified atom stereocenters. The smallest absolute Gasteiger partial charge is 0.258 e. The quantitative estimate of drug-likeness (QED) is 0.210. The Morgan fingerprint density at radius 3 is 2.38 bits per heavy atom. The fourth-order valence-corrected chi connectivity index (χ4v) is 9.03. The van der Waals surface area contributed by atoms with E-state index in [-0.39, 0.29) is 78.3 Å². The molecular formula is C39H50Cl2N8O5S. The van der Waals surface area contributed by atoms with Crippen LogP contribution in [0.5, 0.6) is 0 Å². The fourth-order valence-electron chi connectivity index (χ4n) is 8.25. The zero-order valence-electron chi connectivity index (χ0n) is 31.7. The molecule has 4 aliphatic rings. The van der Waals surface area contributed by atoms with E-state index >= 15 is 0 Å². The van der Waals surface area contributed by atoms with Gasteiger partial charge in [-0.1, -0.05) is 17.7 Å². The summed E-state index contributed by atoms with van der Waals surface area (Å²) in [5, 5.41) is 18.5. The second-order valence-corrected chi connectivity index (χ2v) is 16.1. The van der Waals surface area contributed by atoms with Gasteiger partial charge in [-0.05, 0) is 108 Å². The van der Waals surface area contributed by atoms with Crippen molar-refractivity contribution >= 4 is 82.0 Å². The lowest BCUT2D eigenvalue weighted by molar-refractivity contribution is -0.133. The highest BCUT2D eigenvalue weighted by Gasteiger charge is 2.52. The van der Waals surface area contributed by atoms with Gasteiger partial charge in [-0.15, -0.1) is 12.4 Å². The van der Waals surface area contributed by atoms with Gasteiger partial charge in [0.1, 0.15) is 17.6 Å². The van der Waals surface area contributed by atoms with Gasteiger partial charge in [-0.3, -0.25) is 39.2 Å². The summed E-state index contributed by atoms with van der Waals surface area (Å²) >= 11 is 12.2. The monoisotopic (exact) mass is 812 g/mol. The Hall–Kier alpha value is -3.84. The topological polar surface area (TPSA) is 150 Å². The Balaban J connectivity index is 0.00000580. The van der Waals surface area contributed by atoms with Crippen molar-refractivity contribution in [3.8, 4) is 6.07 Å². The maximum atomic E-state index is 13.6. The van der Waals surface area contributed by atoms with Gasteiger partial charge in [-0.25, -0.2) is 0 Å². The van der Waals surface area contributed by atoms with Crippen LogP contribution in [0.3, 0.4) is 0 Å². The number of nitrogens with zero attached hydrogens (tertiary/aromatic N) is 5. The Labute approximate surface area is 339 Å². The molecule has 4 amide bonds. The van der Waals surface area contributed by atoms with Crippen LogP contribution in [0.25, 0.3) is 0 Å². The number of anilines is 3. The zero-order chi connectivity index (χ0) is 38.7. The molecule has 6 rings (SSSR count). The lowest BCUT2D eigenvalue weighted by Crippen LogP contribution is -2.58. The minimum Gasteiger partial charge on any atom is -0.377 e. The zero-order valence-corrected chi connectivity index (χ0v) is 34.1. The van der Waals surface area contributed by atoms with Crippen molar-refractivity contribution in [2.24, 2.45) is 0 Å². The summed E-state index contributed by atoms with van der Waals surface area (Å²) in [5.74, 6) is -0.816. The number of hydrogen-bond donors (Lipinski definition) is 3. The second kappa shape index (κ2) is 18.0. The van der Waals surface area contributed by atoms with Gasteiger partial charge in [0.15, 0.2) is 5.11 Å². The molecule has 1 saturated carbocycles. The summed E-state index contributed by atoms with van der Waals surface area (Å²) in [4.78, 5) is 58.6. The number of benzene rings is 2. The van der Waals surface area contributed by atoms with Crippen LogP contribution >= 0.6 is 36.2 Å². The molecule has 3 atom stereocenters. The summed E-state index contributed by atoms with van der Waals surface area (Å²) in [6.45, 7) is 11.5. The van der Waals surface area contributed by atoms with Crippen LogP contribution in [0.15, 0.2) is 42.5 Å². The number of rotatable bonds is 11. The van der Waals surface area contributed by atoms with E-state index in [1.807, 2.05) is 32.0 Å². The van der Waals surface area contributed by atoms with Crippen LogP contribution in [-0.2, 0) is 23.9 Å². The standard InChI is InChI=1S/C39H49ClN8O5S.ClH/c1-24-21-45(22-25(2)46(24)23-35(50)43-28-7-5-6-27(18-28)42-33-14-15-34(49)44-36(33)51)16-17-53-31-12-10-29(11-13-31)48-38(54)47(37(52)39(48,3)4)30-9-8-26(20-41)32(40)19-30;/h5-9,18-19,24-25,29,31,33,42H,10-17,21-23H2,1-4H3,(H,43,50)(H,44,49,51);1H/t24-,25+,29?,31?,33?;. The first kappa shape index (κ1) is 42.3. The SMILES string of the molecule is C[C@@H]1CN(CCOC2CCC(N3C(=S)N(c4ccc(C#N)c(Cl)c4)C(=O)C3(C)C)CC2)C[C@H](C)N1CC(=O)Nc1cccc(NC2CCC(=O)NC2=O)c1.Cl. The third-order valence-corrected chi connectivity index (χ3v) is 11.7. The van der Waals surface area contributed by atoms with E-state index in [0.29, 0.717) is 40.8 Å². The molecule has 3 heterocycles. The largest absolute Gasteiger partial charge is 0.377 e. The number of hydrogen-bond acceptors (Lipinski definition) is 10. The molecule has 3 N–H and O–H groups in total. The summed E-state index contributed by atoms with van der Waals surface area (Å²) in [7, 11) is 0. The Kier molecular flexibility index (Phi) is 13.8. The number of halogens is 2. The number of thiocarbonyl (C=S) groups is 1. The number of imide groups is 1. The molecule has 0 radical (unpaired) electrons. The molecule has 55 heavy (non-hydrogen) atoms. The first-order valence-corrected chi connectivity index (χ1v) is 19.5. The van der Waals surface area contributed by atoms with Gasteiger partial charge in [-0.2, -0.15) is 5.26 Å². The highest BCUT2D eigenvalue weighted by molar-refractivity contribution is 7.80. The van der Waals surface area contributed by atoms with E-state index in [0.717, 1.165) is 45.3 Å². The number of ether oxygens (including phenoxy) is 1. The number of nitrogens with one attached hydrogen (secondary N) is 3. The fraction of sp³-hybridized carbons (Fsp3) is 0.538. The average Bonchev–Trinajstić information content (AvgIpc) is 3.30. The van der Waals surface area contributed by atoms with Crippen LogP contribution in [0.2, 0.25) is 5.02 Å². The van der Waals surface area contributed by atoms with E-state index in [4.69, 9.17) is 28.6 Å². The van der Waals surface area contributed by atoms with Gasteiger partial charge >= 0.3 is 0 Å². The van der Waals surface area contributed by atoms with Crippen molar-refractivity contribution < 1.29 is 23.9 Å². The van der Waals surface area contributed by atoms with E-state index in [1.54, 1.807) is 29.2 Å². The number of piperazine rings is 1. The van der Waals surface area contributed by atoms with Gasteiger partial charge in [0.25, 0.3) is 5.91 Å². The summed E-state index contributed by atoms with van der Waals surface area (Å²) in [5.41, 5.74) is 1.44. The van der Waals surface area contributed by atoms with Gasteiger partial charge in [0.2, 0.25) is 17.7 Å². The molecule has 296 valence electrons. The molecule has 13 nitrogen and oxygen atoms in total. The predicted molar refractivity (Wildman–Crippen MR) is 218 cm³/mol. The van der Waals surface area contributed by atoms with Crippen molar-refractivity contribution in [1.82, 2.24) is 20.0 Å². The van der Waals surface area contributed by atoms with Gasteiger partial charge in [0, 0.05) is 55.6 Å². The van der Waals surface area contributed by atoms with E-state index in [2.05, 4.69) is 50.6 Å². The minimum absolute atomic E-state index is 0. The van der Waals surface area contributed by atoms with Crippen LogP contribution in [0, 0.1) is 11.3 Å². The van der Waals surface area contributed by atoms with E-state index in [1.165, 1.54) is 0 Å². The minimum atomic E-state index is -0.812. The van der Waals surface area contributed by atoms with Gasteiger partial charge < -0.3 is 20.3 Å². The molecule has 0 aromatic heterocycles. The molecule has 16 heteroatoms. The molecule has 0 bridgehead atoms. The molecule has 3 saturated heterocycles. The average molecular weight is 814 g/mol. The van der Waals surface area contributed by atoms with Crippen LogP contribution < -0.4 is 20.9 Å². The first-order valence-electron chi connectivity index (χ1n) is 18.7. The Morgan fingerprint density at radius 2 is 1.73 bits per heavy atom. The highest BCUT2D eigenvalue weighted by atomic mass is 35.5. The van der Waals surface area contributed by atoms with Crippen LogP contribution in [-0.4, -0.2) is 112 Å². The van der Waals surface area contributed by atoms with Crippen molar-refractivity contribution in [1.29, 1.82) is 5.26 Å². The van der Waals surface area contributed by atoms with E-state index in [9.17, 15) is 24.4 Å². The Morgan fingerprint density at radius 1 is 1.04 bits per heavy atom. The second-order valence-electron chi connectivity index (χ2n) is 15.3. The van der Waals surface area contributed by atoms with Crippen LogP contribution in [0.1, 0.15) is 71.8 Å². The highest BCUT2D eigenvalue weighted by Crippen LogP contribution is 2.39. The van der Waals surface area contributed by atoms with Crippen molar-refractivity contribution in [3.63, 3.8) is 0 Å². The molecule has 0 spiro atoms. The maximum absolute atomic E-state index is 13.6. The molecule has 1 aliphatic carbocycles. The maximum Gasteiger partial charge on any atom is 0.258 e. The third-order valence-electron chi connectivity index (χ3n) is 11.1. The number of carbonyl (C=O) groups is 4. The first-order chi connectivity index (χ1) is 25.7. The van der Waals surface area contributed by atoms with Gasteiger partial charge in [0.05, 0.1) is 35.5 Å². The molecule has 4 fully saturated rings. The predicted octanol–water partition coefficient (Wildman–Crippen LogP) is 4.92. The number of piperidine rings is 1. The summed E-state index contributed by atoms with van der Waals surface area (Å²) < 4.78 is 6.39. The summed E-state index contributed by atoms with van der Waals surface area (Å²) in [6.07, 6.45) is 4.33. The van der Waals surface area contributed by atoms with Crippen LogP contribution in [0.4, 0.5) is 17.1 Å². The molecule has 3 aliphatic heterocycles. The third kappa shape index (κ3) is 9.59. The van der Waals surface area contributed by atoms with Crippen molar-refractivity contribution in [3.05, 3.63) is 53.1 Å². The Bertz CT molecular complexity index is 1820. The molecule has 2 aromatic carbocycles. The number of carbonyl (C=O) groups excluding carboxylic acids is 4. The lowest BCUT2D eigenvalue weighted by atomic mass is 9.89. The summed E-state index contributed by atoms with van der Waals surface area (Å²) in [6, 6.07) is 14.2. The van der Waals surface area contributed by atoms with Crippen molar-refractivity contribution in [2.75, 3.05) is 48.3 Å².